The van der Waals surface area contributed by atoms with Crippen LogP contribution >= 0.6 is 22.6 Å². The van der Waals surface area contributed by atoms with E-state index in [1.54, 1.807) is 26.2 Å². The Labute approximate surface area is 297 Å². The molecule has 9 nitrogen and oxygen atoms in total. The second-order valence-electron chi connectivity index (χ2n) is 14.3. The van der Waals surface area contributed by atoms with E-state index in [-0.39, 0.29) is 40.5 Å². The van der Waals surface area contributed by atoms with Crippen LogP contribution in [-0.2, 0) is 20.5 Å². The van der Waals surface area contributed by atoms with Gasteiger partial charge in [0.15, 0.2) is 23.1 Å². The van der Waals surface area contributed by atoms with Gasteiger partial charge in [0, 0.05) is 67.6 Å². The highest BCUT2D eigenvalue weighted by molar-refractivity contribution is 14.1. The molecule has 0 N–H and O–H groups in total. The lowest BCUT2D eigenvalue weighted by Crippen LogP contribution is -2.44. The molecule has 1 heterocycles. The molecular formula is C36H40F3IN2O7. The number of ketones is 2. The molecule has 2 aliphatic carbocycles. The highest BCUT2D eigenvalue weighted by Gasteiger charge is 2.49. The fraction of sp³-hybridized carbons (Fsp3) is 0.500. The lowest BCUT2D eigenvalue weighted by molar-refractivity contribution is -0.385. The van der Waals surface area contributed by atoms with Crippen molar-refractivity contribution in [3.63, 3.8) is 0 Å². The Hall–Kier alpha value is -3.46. The highest BCUT2D eigenvalue weighted by atomic mass is 127. The zero-order valence-electron chi connectivity index (χ0n) is 28.4. The number of ether oxygens (including phenoxy) is 3. The molecule has 0 unspecified atom stereocenters. The molecule has 264 valence electrons. The average molecular weight is 797 g/mol. The molecule has 0 saturated carbocycles. The Morgan fingerprint density at radius 1 is 0.959 bits per heavy atom. The van der Waals surface area contributed by atoms with Crippen molar-refractivity contribution in [1.29, 1.82) is 0 Å². The van der Waals surface area contributed by atoms with Crippen LogP contribution in [0.4, 0.5) is 18.9 Å². The summed E-state index contributed by atoms with van der Waals surface area (Å²) in [5, 5.41) is 11.8. The predicted molar refractivity (Wildman–Crippen MR) is 185 cm³/mol. The quantitative estimate of drug-likeness (QED) is 0.101. The molecule has 5 rings (SSSR count). The lowest BCUT2D eigenvalue weighted by Gasteiger charge is -2.49. The standard InChI is InChI=1S/C36H40F3IN2O7/c1-7-48-29-14-20(13-22(40)33(29)49-28-10-9-21(36(37,38)39)15-23(28)42(45)46)30-31-24(16-34(2,3)18-26(31)43)41(11-8-12-47-6)25-17-35(4,5)19-27(44)32(25)30/h9-10,13-15,30H,7-8,11-12,16-19H2,1-6H3. The zero-order chi connectivity index (χ0) is 36.1. The minimum absolute atomic E-state index is 0.0363. The molecule has 2 aromatic carbocycles. The number of nitrogens with zero attached hydrogens (tertiary/aromatic N) is 2. The van der Waals surface area contributed by atoms with Crippen molar-refractivity contribution in [3.8, 4) is 17.2 Å². The second-order valence-corrected chi connectivity index (χ2v) is 15.5. The summed E-state index contributed by atoms with van der Waals surface area (Å²) in [6, 6.07) is 5.51. The van der Waals surface area contributed by atoms with Crippen LogP contribution in [0.15, 0.2) is 52.9 Å². The molecule has 0 aromatic heterocycles. The monoisotopic (exact) mass is 796 g/mol. The van der Waals surface area contributed by atoms with E-state index in [2.05, 4.69) is 32.6 Å². The highest BCUT2D eigenvalue weighted by Crippen LogP contribution is 2.55. The van der Waals surface area contributed by atoms with Crippen LogP contribution in [0.5, 0.6) is 17.2 Å². The number of hydrogen-bond donors (Lipinski definition) is 0. The number of nitro benzene ring substituents is 1. The van der Waals surface area contributed by atoms with Crippen molar-refractivity contribution >= 4 is 39.8 Å². The molecule has 0 bridgehead atoms. The molecule has 49 heavy (non-hydrogen) atoms. The number of alkyl halides is 3. The summed E-state index contributed by atoms with van der Waals surface area (Å²) in [6.07, 6.45) is -2.19. The summed E-state index contributed by atoms with van der Waals surface area (Å²) >= 11 is 1.99. The van der Waals surface area contributed by atoms with E-state index >= 15 is 0 Å². The van der Waals surface area contributed by atoms with E-state index in [4.69, 9.17) is 14.2 Å². The van der Waals surface area contributed by atoms with Crippen LogP contribution in [-0.4, -0.2) is 48.3 Å². The maximum atomic E-state index is 14.2. The van der Waals surface area contributed by atoms with Gasteiger partial charge >= 0.3 is 11.9 Å². The Balaban J connectivity index is 1.70. The maximum absolute atomic E-state index is 14.2. The van der Waals surface area contributed by atoms with Gasteiger partial charge < -0.3 is 19.1 Å². The number of carbonyl (C=O) groups is 2. The normalized spacial score (nSPS) is 19.2. The lowest BCUT2D eigenvalue weighted by atomic mass is 9.63. The first kappa shape index (κ1) is 36.8. The SMILES string of the molecule is CCOc1cc(C2C3=C(CC(C)(C)CC3=O)N(CCCOC)C3=C2C(=O)CC(C)(C)C3)cc(I)c1Oc1ccc(C(F)(F)F)cc1[N+](=O)[O-]. The molecule has 0 saturated heterocycles. The van der Waals surface area contributed by atoms with Crippen LogP contribution in [0, 0.1) is 24.5 Å². The molecule has 0 amide bonds. The Bertz CT molecular complexity index is 1710. The van der Waals surface area contributed by atoms with Crippen molar-refractivity contribution in [2.24, 2.45) is 10.8 Å². The molecule has 0 spiro atoms. The van der Waals surface area contributed by atoms with Crippen LogP contribution in [0.2, 0.25) is 0 Å². The summed E-state index contributed by atoms with van der Waals surface area (Å²) in [6.45, 7) is 11.3. The molecule has 0 radical (unpaired) electrons. The van der Waals surface area contributed by atoms with Gasteiger partial charge in [-0.2, -0.15) is 13.2 Å². The smallest absolute Gasteiger partial charge is 0.416 e. The Morgan fingerprint density at radius 2 is 1.55 bits per heavy atom. The summed E-state index contributed by atoms with van der Waals surface area (Å²) in [4.78, 5) is 41.4. The third-order valence-electron chi connectivity index (χ3n) is 9.11. The van der Waals surface area contributed by atoms with Crippen LogP contribution < -0.4 is 9.47 Å². The first-order chi connectivity index (χ1) is 22.9. The van der Waals surface area contributed by atoms with E-state index < -0.39 is 34.0 Å². The van der Waals surface area contributed by atoms with Gasteiger partial charge in [0.2, 0.25) is 5.75 Å². The van der Waals surface area contributed by atoms with Crippen LogP contribution in [0.25, 0.3) is 0 Å². The molecule has 1 aliphatic heterocycles. The number of allylic oxidation sites excluding steroid dienone is 4. The number of methoxy groups -OCH3 is 1. The second kappa shape index (κ2) is 13.7. The predicted octanol–water partition coefficient (Wildman–Crippen LogP) is 9.13. The minimum Gasteiger partial charge on any atom is -0.490 e. The van der Waals surface area contributed by atoms with Gasteiger partial charge in [-0.1, -0.05) is 27.7 Å². The molecule has 0 atom stereocenters. The molecule has 3 aliphatic rings. The van der Waals surface area contributed by atoms with Gasteiger partial charge in [-0.15, -0.1) is 0 Å². The third-order valence-corrected chi connectivity index (χ3v) is 9.91. The largest absolute Gasteiger partial charge is 0.490 e. The average Bonchev–Trinajstić information content (AvgIpc) is 2.97. The van der Waals surface area contributed by atoms with Crippen LogP contribution in [0.1, 0.15) is 83.8 Å². The van der Waals surface area contributed by atoms with Crippen LogP contribution in [0.3, 0.4) is 0 Å². The van der Waals surface area contributed by atoms with E-state index in [0.717, 1.165) is 23.5 Å². The number of nitro groups is 1. The van der Waals surface area contributed by atoms with Crippen molar-refractivity contribution in [2.45, 2.75) is 78.8 Å². The fourth-order valence-electron chi connectivity index (χ4n) is 7.17. The van der Waals surface area contributed by atoms with E-state index in [9.17, 15) is 32.9 Å². The summed E-state index contributed by atoms with van der Waals surface area (Å²) in [5.41, 5.74) is 0.955. The molecule has 2 aromatic rings. The summed E-state index contributed by atoms with van der Waals surface area (Å²) in [7, 11) is 1.64. The van der Waals surface area contributed by atoms with Crippen molar-refractivity contribution in [1.82, 2.24) is 4.90 Å². The molecule has 13 heteroatoms. The Kier molecular flexibility index (Phi) is 10.3. The number of halogens is 4. The van der Waals surface area contributed by atoms with E-state index in [1.807, 2.05) is 22.6 Å². The van der Waals surface area contributed by atoms with Crippen molar-refractivity contribution < 1.29 is 41.9 Å². The number of rotatable bonds is 10. The summed E-state index contributed by atoms with van der Waals surface area (Å²) < 4.78 is 57.8. The first-order valence-electron chi connectivity index (χ1n) is 16.2. The number of hydrogen-bond acceptors (Lipinski definition) is 8. The number of benzene rings is 2. The topological polar surface area (TPSA) is 108 Å². The maximum Gasteiger partial charge on any atom is 0.416 e. The first-order valence-corrected chi connectivity index (χ1v) is 17.2. The fourth-order valence-corrected chi connectivity index (χ4v) is 7.90. The third kappa shape index (κ3) is 7.52. The van der Waals surface area contributed by atoms with Gasteiger partial charge in [-0.3, -0.25) is 19.7 Å². The van der Waals surface area contributed by atoms with Gasteiger partial charge in [-0.05, 0) is 89.4 Å². The molecular weight excluding hydrogens is 756 g/mol. The Morgan fingerprint density at radius 3 is 2.06 bits per heavy atom. The van der Waals surface area contributed by atoms with Crippen molar-refractivity contribution in [3.05, 3.63) is 77.7 Å². The van der Waals surface area contributed by atoms with Gasteiger partial charge in [0.1, 0.15) is 0 Å². The van der Waals surface area contributed by atoms with E-state index in [0.29, 0.717) is 71.6 Å². The number of carbonyl (C=O) groups excluding carboxylic acids is 2. The van der Waals surface area contributed by atoms with Crippen molar-refractivity contribution in [2.75, 3.05) is 26.9 Å². The molecule has 0 fully saturated rings. The summed E-state index contributed by atoms with van der Waals surface area (Å²) in [5.74, 6) is -0.896. The number of Topliss-reactive ketones (excluding diaryl/α,β-unsaturated/α-hetero) is 2. The minimum atomic E-state index is -4.78. The van der Waals surface area contributed by atoms with E-state index in [1.165, 1.54) is 0 Å². The zero-order valence-corrected chi connectivity index (χ0v) is 30.5. The van der Waals surface area contributed by atoms with Gasteiger partial charge in [0.25, 0.3) is 0 Å². The van der Waals surface area contributed by atoms with Gasteiger partial charge in [0.05, 0.1) is 20.7 Å². The van der Waals surface area contributed by atoms with Gasteiger partial charge in [-0.25, -0.2) is 0 Å².